The van der Waals surface area contributed by atoms with Gasteiger partial charge in [-0.2, -0.15) is 0 Å². The van der Waals surface area contributed by atoms with Crippen LogP contribution in [0.5, 0.6) is 0 Å². The lowest BCUT2D eigenvalue weighted by Crippen LogP contribution is -2.30. The van der Waals surface area contributed by atoms with Crippen molar-refractivity contribution in [1.29, 1.82) is 0 Å². The summed E-state index contributed by atoms with van der Waals surface area (Å²) in [6.07, 6.45) is 0. The van der Waals surface area contributed by atoms with Crippen molar-refractivity contribution >= 4 is 6.03 Å². The van der Waals surface area contributed by atoms with E-state index in [0.717, 1.165) is 13.1 Å². The molecule has 1 aliphatic rings. The highest BCUT2D eigenvalue weighted by Gasteiger charge is 2.22. The van der Waals surface area contributed by atoms with Crippen LogP contribution in [0.15, 0.2) is 0 Å². The van der Waals surface area contributed by atoms with Gasteiger partial charge in [-0.15, -0.1) is 0 Å². The smallest absolute Gasteiger partial charge is 0.317 e. The maximum atomic E-state index is 10.7. The molecule has 0 radical (unpaired) electrons. The van der Waals surface area contributed by atoms with E-state index in [4.69, 9.17) is 5.11 Å². The Hall–Kier alpha value is -0.770. The standard InChI is InChI=1S/C5H10N2O2/c8-4-1-6-5(9)7-2-3-7/h8H,1-4H2,(H,6,9). The van der Waals surface area contributed by atoms with Gasteiger partial charge in [0, 0.05) is 19.6 Å². The molecule has 1 heterocycles. The molecule has 1 rings (SSSR count). The van der Waals surface area contributed by atoms with Crippen LogP contribution in [0.25, 0.3) is 0 Å². The fraction of sp³-hybridized carbons (Fsp3) is 0.800. The zero-order chi connectivity index (χ0) is 6.69. The van der Waals surface area contributed by atoms with Crippen molar-refractivity contribution in [3.05, 3.63) is 0 Å². The predicted molar refractivity (Wildman–Crippen MR) is 32.1 cm³/mol. The first-order chi connectivity index (χ1) is 4.34. The Labute approximate surface area is 53.5 Å². The lowest BCUT2D eigenvalue weighted by molar-refractivity contribution is 0.223. The largest absolute Gasteiger partial charge is 0.395 e. The van der Waals surface area contributed by atoms with E-state index in [1.54, 1.807) is 4.90 Å². The molecule has 0 aliphatic carbocycles. The third-order valence-corrected chi connectivity index (χ3v) is 1.12. The molecule has 0 saturated carbocycles. The molecular formula is C5H10N2O2. The van der Waals surface area contributed by atoms with Crippen LogP contribution in [-0.2, 0) is 0 Å². The summed E-state index contributed by atoms with van der Waals surface area (Å²) in [6.45, 7) is 2.09. The molecule has 4 nitrogen and oxygen atoms in total. The Morgan fingerprint density at radius 2 is 2.33 bits per heavy atom. The molecule has 0 aromatic carbocycles. The van der Waals surface area contributed by atoms with Crippen LogP contribution < -0.4 is 5.32 Å². The van der Waals surface area contributed by atoms with Gasteiger partial charge in [0.15, 0.2) is 0 Å². The number of nitrogens with zero attached hydrogens (tertiary/aromatic N) is 1. The van der Waals surface area contributed by atoms with Crippen molar-refractivity contribution in [1.82, 2.24) is 10.2 Å². The van der Waals surface area contributed by atoms with Crippen LogP contribution in [-0.4, -0.2) is 42.3 Å². The van der Waals surface area contributed by atoms with Gasteiger partial charge < -0.3 is 15.3 Å². The van der Waals surface area contributed by atoms with Gasteiger partial charge in [0.25, 0.3) is 0 Å². The van der Waals surface area contributed by atoms with E-state index in [2.05, 4.69) is 5.32 Å². The minimum atomic E-state index is -0.0657. The van der Waals surface area contributed by atoms with Crippen LogP contribution in [0.3, 0.4) is 0 Å². The zero-order valence-corrected chi connectivity index (χ0v) is 5.13. The van der Waals surface area contributed by atoms with Gasteiger partial charge in [0.1, 0.15) is 0 Å². The molecule has 9 heavy (non-hydrogen) atoms. The van der Waals surface area contributed by atoms with Crippen molar-refractivity contribution in [3.63, 3.8) is 0 Å². The van der Waals surface area contributed by atoms with Crippen LogP contribution in [0.2, 0.25) is 0 Å². The first-order valence-electron chi connectivity index (χ1n) is 2.98. The van der Waals surface area contributed by atoms with Crippen molar-refractivity contribution in [2.45, 2.75) is 0 Å². The number of rotatable bonds is 2. The van der Waals surface area contributed by atoms with E-state index in [1.807, 2.05) is 0 Å². The molecule has 52 valence electrons. The third kappa shape index (κ3) is 1.89. The van der Waals surface area contributed by atoms with E-state index in [-0.39, 0.29) is 12.6 Å². The molecule has 2 amide bonds. The van der Waals surface area contributed by atoms with Crippen LogP contribution in [0.4, 0.5) is 4.79 Å². The number of hydrogen-bond donors (Lipinski definition) is 2. The highest BCUT2D eigenvalue weighted by molar-refractivity contribution is 5.76. The summed E-state index contributed by atoms with van der Waals surface area (Å²) in [6, 6.07) is -0.0657. The topological polar surface area (TPSA) is 52.3 Å². The summed E-state index contributed by atoms with van der Waals surface area (Å²) in [4.78, 5) is 12.3. The number of carbonyl (C=O) groups is 1. The number of carbonyl (C=O) groups excluding carboxylic acids is 1. The fourth-order valence-corrected chi connectivity index (χ4v) is 0.528. The summed E-state index contributed by atoms with van der Waals surface area (Å²) in [5.74, 6) is 0. The summed E-state index contributed by atoms with van der Waals surface area (Å²) >= 11 is 0. The summed E-state index contributed by atoms with van der Waals surface area (Å²) in [5.41, 5.74) is 0. The molecule has 0 aromatic heterocycles. The van der Waals surface area contributed by atoms with Gasteiger partial charge >= 0.3 is 6.03 Å². The summed E-state index contributed by atoms with van der Waals surface area (Å²) in [7, 11) is 0. The number of nitrogens with one attached hydrogen (secondary N) is 1. The fourth-order valence-electron chi connectivity index (χ4n) is 0.528. The normalized spacial score (nSPS) is 15.4. The second-order valence-corrected chi connectivity index (χ2v) is 1.94. The van der Waals surface area contributed by atoms with E-state index in [9.17, 15) is 4.79 Å². The average Bonchev–Trinajstić information content (AvgIpc) is 2.63. The van der Waals surface area contributed by atoms with E-state index >= 15 is 0 Å². The number of aliphatic hydroxyl groups excluding tert-OH is 1. The maximum Gasteiger partial charge on any atom is 0.317 e. The van der Waals surface area contributed by atoms with Gasteiger partial charge in [-0.3, -0.25) is 0 Å². The summed E-state index contributed by atoms with van der Waals surface area (Å²) in [5, 5.41) is 10.8. The minimum absolute atomic E-state index is 0.0135. The zero-order valence-electron chi connectivity index (χ0n) is 5.13. The number of aliphatic hydroxyl groups is 1. The molecule has 0 bridgehead atoms. The summed E-state index contributed by atoms with van der Waals surface area (Å²) < 4.78 is 0. The Bertz CT molecular complexity index is 112. The number of urea groups is 1. The second kappa shape index (κ2) is 2.68. The molecule has 4 heteroatoms. The van der Waals surface area contributed by atoms with E-state index in [1.165, 1.54) is 0 Å². The molecule has 0 unspecified atom stereocenters. The molecule has 1 aliphatic heterocycles. The maximum absolute atomic E-state index is 10.7. The Morgan fingerprint density at radius 1 is 1.67 bits per heavy atom. The van der Waals surface area contributed by atoms with Gasteiger partial charge in [0.05, 0.1) is 6.61 Å². The molecule has 1 fully saturated rings. The third-order valence-electron chi connectivity index (χ3n) is 1.12. The quantitative estimate of drug-likeness (QED) is 0.471. The minimum Gasteiger partial charge on any atom is -0.395 e. The lowest BCUT2D eigenvalue weighted by Gasteiger charge is -2.01. The van der Waals surface area contributed by atoms with Crippen LogP contribution in [0, 0.1) is 0 Å². The van der Waals surface area contributed by atoms with E-state index < -0.39 is 0 Å². The Morgan fingerprint density at radius 3 is 2.78 bits per heavy atom. The SMILES string of the molecule is O=C(NCCO)N1CC1. The van der Waals surface area contributed by atoms with Crippen molar-refractivity contribution < 1.29 is 9.90 Å². The second-order valence-electron chi connectivity index (χ2n) is 1.94. The lowest BCUT2D eigenvalue weighted by atomic mass is 10.7. The Kier molecular flexibility index (Phi) is 1.89. The van der Waals surface area contributed by atoms with E-state index in [0.29, 0.717) is 6.54 Å². The van der Waals surface area contributed by atoms with Crippen LogP contribution in [0.1, 0.15) is 0 Å². The average molecular weight is 130 g/mol. The van der Waals surface area contributed by atoms with Crippen molar-refractivity contribution in [2.24, 2.45) is 0 Å². The molecule has 2 N–H and O–H groups in total. The first kappa shape index (κ1) is 6.35. The number of hydrogen-bond acceptors (Lipinski definition) is 2. The van der Waals surface area contributed by atoms with Crippen molar-refractivity contribution in [2.75, 3.05) is 26.2 Å². The van der Waals surface area contributed by atoms with Gasteiger partial charge in [-0.25, -0.2) is 4.79 Å². The van der Waals surface area contributed by atoms with Crippen molar-refractivity contribution in [3.8, 4) is 0 Å². The highest BCUT2D eigenvalue weighted by atomic mass is 16.3. The number of amides is 2. The highest BCUT2D eigenvalue weighted by Crippen LogP contribution is 2.01. The van der Waals surface area contributed by atoms with Gasteiger partial charge in [-0.1, -0.05) is 0 Å². The predicted octanol–water partition coefficient (Wildman–Crippen LogP) is -0.996. The molecule has 1 saturated heterocycles. The molecule has 0 aromatic rings. The molecule has 0 spiro atoms. The molecule has 0 atom stereocenters. The Balaban J connectivity index is 2.03. The molecular weight excluding hydrogens is 120 g/mol. The van der Waals surface area contributed by atoms with Crippen LogP contribution >= 0.6 is 0 Å². The first-order valence-corrected chi connectivity index (χ1v) is 2.98. The monoisotopic (exact) mass is 130 g/mol. The van der Waals surface area contributed by atoms with Gasteiger partial charge in [0.2, 0.25) is 0 Å². The van der Waals surface area contributed by atoms with Gasteiger partial charge in [-0.05, 0) is 0 Å².